The molecule has 0 bridgehead atoms. The van der Waals surface area contributed by atoms with Gasteiger partial charge in [0.2, 0.25) is 0 Å². The van der Waals surface area contributed by atoms with Crippen LogP contribution in [0.25, 0.3) is 11.1 Å². The summed E-state index contributed by atoms with van der Waals surface area (Å²) in [5.41, 5.74) is 0.431. The summed E-state index contributed by atoms with van der Waals surface area (Å²) in [5.74, 6) is 0. The van der Waals surface area contributed by atoms with Crippen molar-refractivity contribution in [2.45, 2.75) is 43.3 Å². The van der Waals surface area contributed by atoms with Gasteiger partial charge in [0, 0.05) is 30.5 Å². The second kappa shape index (κ2) is 6.55. The van der Waals surface area contributed by atoms with Gasteiger partial charge in [-0.25, -0.2) is 9.78 Å². The summed E-state index contributed by atoms with van der Waals surface area (Å²) in [7, 11) is 0. The second-order valence-corrected chi connectivity index (χ2v) is 8.10. The molecule has 2 heterocycles. The maximum absolute atomic E-state index is 12.1. The average molecular weight is 365 g/mol. The number of rotatable bonds is 3. The molecule has 1 atom stereocenters. The Kier molecular flexibility index (Phi) is 4.59. The summed E-state index contributed by atoms with van der Waals surface area (Å²) in [4.78, 5) is 28.4. The van der Waals surface area contributed by atoms with E-state index < -0.39 is 10.5 Å². The molecule has 1 aliphatic heterocycles. The van der Waals surface area contributed by atoms with E-state index in [1.165, 1.54) is 23.9 Å². The quantitative estimate of drug-likeness (QED) is 0.602. The number of carbonyl (C=O) groups excluding carboxylic acids is 1. The van der Waals surface area contributed by atoms with Crippen LogP contribution in [0.3, 0.4) is 0 Å². The first kappa shape index (κ1) is 17.5. The molecule has 1 amide bonds. The van der Waals surface area contributed by atoms with Crippen molar-refractivity contribution in [1.29, 1.82) is 0 Å². The summed E-state index contributed by atoms with van der Waals surface area (Å²) in [5, 5.41) is 11.4. The first-order valence-electron chi connectivity index (χ1n) is 7.91. The smallest absolute Gasteiger partial charge is 0.410 e. The van der Waals surface area contributed by atoms with Crippen LogP contribution in [0.15, 0.2) is 27.8 Å². The van der Waals surface area contributed by atoms with E-state index in [-0.39, 0.29) is 17.0 Å². The summed E-state index contributed by atoms with van der Waals surface area (Å²) in [6.07, 6.45) is 0.492. The van der Waals surface area contributed by atoms with E-state index in [0.29, 0.717) is 29.4 Å². The van der Waals surface area contributed by atoms with Gasteiger partial charge in [-0.2, -0.15) is 0 Å². The predicted octanol–water partition coefficient (Wildman–Crippen LogP) is 3.84. The van der Waals surface area contributed by atoms with E-state index in [9.17, 15) is 14.9 Å². The Morgan fingerprint density at radius 3 is 2.92 bits per heavy atom. The fourth-order valence-corrected chi connectivity index (χ4v) is 3.57. The summed E-state index contributed by atoms with van der Waals surface area (Å²) < 4.78 is 11.0. The summed E-state index contributed by atoms with van der Waals surface area (Å²) >= 11 is 1.43. The molecular formula is C16H19N3O5S. The number of oxazole rings is 1. The van der Waals surface area contributed by atoms with Crippen molar-refractivity contribution in [3.05, 3.63) is 28.3 Å². The Morgan fingerprint density at radius 1 is 1.48 bits per heavy atom. The number of likely N-dealkylation sites (tertiary alicyclic amines) is 1. The molecule has 25 heavy (non-hydrogen) atoms. The standard InChI is InChI=1S/C16H19N3O5S/c1-16(2,3)24-15(20)18-7-6-11(9-18)25-14-17-12-8-10(19(21)22)4-5-13(12)23-14/h4-5,8,11H,6-7,9H2,1-3H3. The van der Waals surface area contributed by atoms with E-state index in [1.54, 1.807) is 11.0 Å². The van der Waals surface area contributed by atoms with Gasteiger partial charge in [0.25, 0.3) is 10.9 Å². The Balaban J connectivity index is 1.64. The maximum Gasteiger partial charge on any atom is 0.410 e. The largest absolute Gasteiger partial charge is 0.444 e. The van der Waals surface area contributed by atoms with Crippen LogP contribution in [0.1, 0.15) is 27.2 Å². The summed E-state index contributed by atoms with van der Waals surface area (Å²) in [6, 6.07) is 4.33. The van der Waals surface area contributed by atoms with Crippen molar-refractivity contribution >= 4 is 34.6 Å². The molecule has 3 rings (SSSR count). The zero-order valence-electron chi connectivity index (χ0n) is 14.2. The molecule has 9 heteroatoms. The molecule has 0 radical (unpaired) electrons. The highest BCUT2D eigenvalue weighted by Gasteiger charge is 2.31. The molecule has 0 saturated carbocycles. The van der Waals surface area contributed by atoms with Crippen LogP contribution in [-0.4, -0.2) is 44.8 Å². The number of thioether (sulfide) groups is 1. The predicted molar refractivity (Wildman–Crippen MR) is 92.7 cm³/mol. The van der Waals surface area contributed by atoms with Gasteiger partial charge in [-0.05, 0) is 33.3 Å². The van der Waals surface area contributed by atoms with Gasteiger partial charge in [0.05, 0.1) is 4.92 Å². The normalized spacial score (nSPS) is 17.9. The fraction of sp³-hybridized carbons (Fsp3) is 0.500. The molecule has 1 fully saturated rings. The second-order valence-electron chi connectivity index (χ2n) is 6.84. The number of hydrogen-bond acceptors (Lipinski definition) is 7. The van der Waals surface area contributed by atoms with Gasteiger partial charge in [0.15, 0.2) is 5.58 Å². The van der Waals surface area contributed by atoms with Gasteiger partial charge >= 0.3 is 6.09 Å². The Morgan fingerprint density at radius 2 is 2.24 bits per heavy atom. The third kappa shape index (κ3) is 4.22. The molecule has 1 aromatic heterocycles. The number of amides is 1. The van der Waals surface area contributed by atoms with Gasteiger partial charge < -0.3 is 14.1 Å². The molecule has 2 aromatic rings. The van der Waals surface area contributed by atoms with Crippen LogP contribution in [0.4, 0.5) is 10.5 Å². The first-order valence-corrected chi connectivity index (χ1v) is 8.79. The Hall–Kier alpha value is -2.29. The molecule has 134 valence electrons. The van der Waals surface area contributed by atoms with Crippen LogP contribution in [0.2, 0.25) is 0 Å². The number of hydrogen-bond donors (Lipinski definition) is 0. The topological polar surface area (TPSA) is 98.7 Å². The fourth-order valence-electron chi connectivity index (χ4n) is 2.52. The molecule has 1 saturated heterocycles. The highest BCUT2D eigenvalue weighted by atomic mass is 32.2. The number of carbonyl (C=O) groups is 1. The number of non-ortho nitro benzene ring substituents is 1. The van der Waals surface area contributed by atoms with Crippen LogP contribution in [0, 0.1) is 10.1 Å². The van der Waals surface area contributed by atoms with Gasteiger partial charge in [0.1, 0.15) is 11.1 Å². The molecule has 8 nitrogen and oxygen atoms in total. The van der Waals surface area contributed by atoms with Crippen LogP contribution in [0.5, 0.6) is 0 Å². The van der Waals surface area contributed by atoms with Crippen molar-refractivity contribution in [2.75, 3.05) is 13.1 Å². The summed E-state index contributed by atoms with van der Waals surface area (Å²) in [6.45, 7) is 6.69. The average Bonchev–Trinajstić information content (AvgIpc) is 3.11. The minimum Gasteiger partial charge on any atom is -0.444 e. The van der Waals surface area contributed by atoms with Crippen LogP contribution in [-0.2, 0) is 4.74 Å². The lowest BCUT2D eigenvalue weighted by molar-refractivity contribution is -0.384. The minimum absolute atomic E-state index is 0.0192. The maximum atomic E-state index is 12.1. The third-order valence-corrected chi connectivity index (χ3v) is 4.72. The lowest BCUT2D eigenvalue weighted by Crippen LogP contribution is -2.35. The number of nitro groups is 1. The molecule has 1 aliphatic rings. The molecule has 0 N–H and O–H groups in total. The van der Waals surface area contributed by atoms with Crippen LogP contribution >= 0.6 is 11.8 Å². The number of benzene rings is 1. The number of aromatic nitrogens is 1. The number of nitrogens with zero attached hydrogens (tertiary/aromatic N) is 3. The highest BCUT2D eigenvalue weighted by molar-refractivity contribution is 7.99. The number of nitro benzene ring substituents is 1. The van der Waals surface area contributed by atoms with Crippen molar-refractivity contribution in [3.63, 3.8) is 0 Å². The Bertz CT molecular complexity index is 814. The lowest BCUT2D eigenvalue weighted by Gasteiger charge is -2.24. The SMILES string of the molecule is CC(C)(C)OC(=O)N1CCC(Sc2nc3cc([N+](=O)[O-])ccc3o2)C1. The number of fused-ring (bicyclic) bond motifs is 1. The third-order valence-electron chi connectivity index (χ3n) is 3.63. The number of ether oxygens (including phenoxy) is 1. The lowest BCUT2D eigenvalue weighted by atomic mass is 10.2. The molecule has 1 unspecified atom stereocenters. The van der Waals surface area contributed by atoms with E-state index in [4.69, 9.17) is 9.15 Å². The van der Waals surface area contributed by atoms with Gasteiger partial charge in [-0.1, -0.05) is 11.8 Å². The van der Waals surface area contributed by atoms with Crippen molar-refractivity contribution in [1.82, 2.24) is 9.88 Å². The van der Waals surface area contributed by atoms with Crippen molar-refractivity contribution in [2.24, 2.45) is 0 Å². The molecule has 0 spiro atoms. The first-order chi connectivity index (χ1) is 11.7. The monoisotopic (exact) mass is 365 g/mol. The minimum atomic E-state index is -0.517. The highest BCUT2D eigenvalue weighted by Crippen LogP contribution is 2.32. The molecule has 1 aromatic carbocycles. The van der Waals surface area contributed by atoms with E-state index in [2.05, 4.69) is 4.98 Å². The zero-order chi connectivity index (χ0) is 18.2. The van der Waals surface area contributed by atoms with E-state index >= 15 is 0 Å². The van der Waals surface area contributed by atoms with E-state index in [0.717, 1.165) is 6.42 Å². The van der Waals surface area contributed by atoms with Crippen molar-refractivity contribution in [3.8, 4) is 0 Å². The van der Waals surface area contributed by atoms with Gasteiger partial charge in [-0.15, -0.1) is 0 Å². The van der Waals surface area contributed by atoms with Crippen molar-refractivity contribution < 1.29 is 18.9 Å². The molecular weight excluding hydrogens is 346 g/mol. The molecule has 0 aliphatic carbocycles. The van der Waals surface area contributed by atoms with Gasteiger partial charge in [-0.3, -0.25) is 10.1 Å². The van der Waals surface area contributed by atoms with E-state index in [1.807, 2.05) is 20.8 Å². The zero-order valence-corrected chi connectivity index (χ0v) is 15.0. The Labute approximate surface area is 148 Å². The van der Waals surface area contributed by atoms with Crippen LogP contribution < -0.4 is 0 Å².